The third-order valence-corrected chi connectivity index (χ3v) is 11.4. The van der Waals surface area contributed by atoms with Crippen molar-refractivity contribution in [2.24, 2.45) is 0 Å². The van der Waals surface area contributed by atoms with Gasteiger partial charge in [0.25, 0.3) is 0 Å². The van der Waals surface area contributed by atoms with E-state index in [1.165, 1.54) is 195 Å². The van der Waals surface area contributed by atoms with Crippen molar-refractivity contribution in [1.82, 2.24) is 4.57 Å². The molecule has 4 aromatic rings. The number of aryl methyl sites for hydroxylation is 1. The number of para-hydroxylation sites is 1. The molecule has 0 aliphatic rings. The minimum atomic E-state index is 0.811. The van der Waals surface area contributed by atoms with Crippen LogP contribution in [0.4, 0.5) is 11.4 Å². The van der Waals surface area contributed by atoms with Gasteiger partial charge in [0.05, 0.1) is 12.1 Å². The molecular formula is C50H78N2O. The quantitative estimate of drug-likeness (QED) is 0.0496. The maximum Gasteiger partial charge on any atom is 0.119 e. The van der Waals surface area contributed by atoms with Crippen molar-refractivity contribution in [3.8, 4) is 5.75 Å². The third-order valence-electron chi connectivity index (χ3n) is 11.4. The lowest BCUT2D eigenvalue weighted by Crippen LogP contribution is -1.99. The van der Waals surface area contributed by atoms with Crippen LogP contribution in [0.1, 0.15) is 194 Å². The second-order valence-electron chi connectivity index (χ2n) is 16.1. The van der Waals surface area contributed by atoms with Crippen molar-refractivity contribution in [1.29, 1.82) is 0 Å². The van der Waals surface area contributed by atoms with E-state index in [2.05, 4.69) is 90.5 Å². The first-order chi connectivity index (χ1) is 26.3. The van der Waals surface area contributed by atoms with E-state index in [1.54, 1.807) is 0 Å². The van der Waals surface area contributed by atoms with Gasteiger partial charge in [0.15, 0.2) is 0 Å². The van der Waals surface area contributed by atoms with Crippen LogP contribution in [0.25, 0.3) is 21.8 Å². The van der Waals surface area contributed by atoms with Gasteiger partial charge in [-0.2, -0.15) is 0 Å². The fraction of sp³-hybridized carbons (Fsp3) is 0.640. The van der Waals surface area contributed by atoms with Gasteiger partial charge >= 0.3 is 0 Å². The Hall–Kier alpha value is -2.94. The van der Waals surface area contributed by atoms with Crippen molar-refractivity contribution < 1.29 is 4.74 Å². The van der Waals surface area contributed by atoms with Crippen molar-refractivity contribution >= 4 is 33.2 Å². The molecule has 294 valence electrons. The van der Waals surface area contributed by atoms with E-state index in [9.17, 15) is 0 Å². The molecule has 0 spiro atoms. The minimum absolute atomic E-state index is 0.811. The zero-order chi connectivity index (χ0) is 37.0. The molecule has 0 bridgehead atoms. The van der Waals surface area contributed by atoms with E-state index in [1.807, 2.05) is 0 Å². The zero-order valence-corrected chi connectivity index (χ0v) is 34.4. The molecule has 3 nitrogen and oxygen atoms in total. The number of unbranched alkanes of at least 4 members (excludes halogenated alkanes) is 26. The number of ether oxygens (including phenoxy) is 1. The molecule has 0 radical (unpaired) electrons. The first-order valence-electron chi connectivity index (χ1n) is 22.8. The van der Waals surface area contributed by atoms with Gasteiger partial charge in [0.2, 0.25) is 0 Å². The highest BCUT2D eigenvalue weighted by atomic mass is 16.5. The van der Waals surface area contributed by atoms with Gasteiger partial charge < -0.3 is 14.6 Å². The van der Waals surface area contributed by atoms with Gasteiger partial charge in [-0.25, -0.2) is 0 Å². The number of hydrogen-bond acceptors (Lipinski definition) is 2. The van der Waals surface area contributed by atoms with E-state index < -0.39 is 0 Å². The molecule has 3 heteroatoms. The molecule has 0 saturated heterocycles. The summed E-state index contributed by atoms with van der Waals surface area (Å²) in [4.78, 5) is 0. The monoisotopic (exact) mass is 723 g/mol. The lowest BCUT2D eigenvalue weighted by molar-refractivity contribution is 0.304. The molecule has 0 aliphatic heterocycles. The highest BCUT2D eigenvalue weighted by molar-refractivity contribution is 6.08. The van der Waals surface area contributed by atoms with Gasteiger partial charge in [-0.3, -0.25) is 0 Å². The van der Waals surface area contributed by atoms with Gasteiger partial charge in [-0.15, -0.1) is 0 Å². The number of benzene rings is 3. The Balaban J connectivity index is 1.11. The normalized spacial score (nSPS) is 11.6. The fourth-order valence-corrected chi connectivity index (χ4v) is 8.12. The number of fused-ring (bicyclic) bond motifs is 3. The van der Waals surface area contributed by atoms with Crippen molar-refractivity contribution in [3.63, 3.8) is 0 Å². The summed E-state index contributed by atoms with van der Waals surface area (Å²) in [5.41, 5.74) is 4.93. The van der Waals surface area contributed by atoms with Crippen LogP contribution >= 0.6 is 0 Å². The van der Waals surface area contributed by atoms with Crippen LogP contribution in [0, 0.1) is 0 Å². The standard InChI is InChI=1S/C50H78N2O/c1-3-5-7-9-11-13-15-17-19-21-23-25-27-31-41-52-49-34-30-29-33-47(49)48-40-37-45(43-50(48)52)51-44-35-38-46(39-36-44)53-42-32-28-26-24-22-20-18-16-14-12-10-8-6-4-2/h29-30,33-40,43,51H,3-28,31-32,41-42H2,1-2H3. The van der Waals surface area contributed by atoms with Crippen LogP contribution in [0.5, 0.6) is 5.75 Å². The van der Waals surface area contributed by atoms with E-state index in [4.69, 9.17) is 4.74 Å². The van der Waals surface area contributed by atoms with Crippen molar-refractivity contribution in [2.45, 2.75) is 200 Å². The Morgan fingerprint density at radius 3 is 1.38 bits per heavy atom. The highest BCUT2D eigenvalue weighted by Gasteiger charge is 2.11. The van der Waals surface area contributed by atoms with Crippen LogP contribution in [0.2, 0.25) is 0 Å². The first kappa shape index (κ1) is 42.8. The first-order valence-corrected chi connectivity index (χ1v) is 22.8. The summed E-state index contributed by atoms with van der Waals surface area (Å²) in [6.45, 7) is 6.49. The molecule has 3 aromatic carbocycles. The molecular weight excluding hydrogens is 645 g/mol. The number of anilines is 2. The molecule has 1 heterocycles. The average Bonchev–Trinajstić information content (AvgIpc) is 3.49. The summed E-state index contributed by atoms with van der Waals surface area (Å²) >= 11 is 0. The number of nitrogens with zero attached hydrogens (tertiary/aromatic N) is 1. The fourth-order valence-electron chi connectivity index (χ4n) is 8.12. The number of rotatable bonds is 33. The zero-order valence-electron chi connectivity index (χ0n) is 34.4. The Labute approximate surface area is 326 Å². The van der Waals surface area contributed by atoms with Gasteiger partial charge in [-0.1, -0.05) is 205 Å². The summed E-state index contributed by atoms with van der Waals surface area (Å²) in [5, 5.41) is 6.38. The molecule has 1 aromatic heterocycles. The Bertz CT molecular complexity index is 1470. The van der Waals surface area contributed by atoms with Crippen molar-refractivity contribution in [2.75, 3.05) is 11.9 Å². The Kier molecular flexibility index (Phi) is 22.3. The van der Waals surface area contributed by atoms with Crippen LogP contribution in [-0.4, -0.2) is 11.2 Å². The van der Waals surface area contributed by atoms with E-state index in [0.29, 0.717) is 0 Å². The summed E-state index contributed by atoms with van der Waals surface area (Å²) in [7, 11) is 0. The Morgan fingerprint density at radius 1 is 0.415 bits per heavy atom. The topological polar surface area (TPSA) is 26.2 Å². The summed E-state index contributed by atoms with van der Waals surface area (Å²) in [6, 6.07) is 24.3. The average molecular weight is 723 g/mol. The summed E-state index contributed by atoms with van der Waals surface area (Å²) < 4.78 is 8.66. The second kappa shape index (κ2) is 27.6. The number of hydrogen-bond donors (Lipinski definition) is 1. The van der Waals surface area contributed by atoms with E-state index >= 15 is 0 Å². The number of nitrogens with one attached hydrogen (secondary N) is 1. The van der Waals surface area contributed by atoms with Crippen LogP contribution < -0.4 is 10.1 Å². The van der Waals surface area contributed by atoms with Crippen LogP contribution in [0.15, 0.2) is 66.7 Å². The molecule has 4 rings (SSSR count). The second-order valence-corrected chi connectivity index (χ2v) is 16.1. The molecule has 0 unspecified atom stereocenters. The summed E-state index contributed by atoms with van der Waals surface area (Å²) in [5.74, 6) is 0.967. The maximum absolute atomic E-state index is 6.10. The van der Waals surface area contributed by atoms with Crippen molar-refractivity contribution in [3.05, 3.63) is 66.7 Å². The van der Waals surface area contributed by atoms with Gasteiger partial charge in [0, 0.05) is 34.2 Å². The number of aromatic nitrogens is 1. The molecule has 0 saturated carbocycles. The molecule has 1 N–H and O–H groups in total. The lowest BCUT2D eigenvalue weighted by Gasteiger charge is -2.11. The van der Waals surface area contributed by atoms with Gasteiger partial charge in [0.1, 0.15) is 5.75 Å². The van der Waals surface area contributed by atoms with Crippen LogP contribution in [0.3, 0.4) is 0 Å². The van der Waals surface area contributed by atoms with Crippen LogP contribution in [-0.2, 0) is 6.54 Å². The smallest absolute Gasteiger partial charge is 0.119 e. The van der Waals surface area contributed by atoms with E-state index in [0.717, 1.165) is 36.7 Å². The highest BCUT2D eigenvalue weighted by Crippen LogP contribution is 2.32. The molecule has 53 heavy (non-hydrogen) atoms. The maximum atomic E-state index is 6.10. The van der Waals surface area contributed by atoms with E-state index in [-0.39, 0.29) is 0 Å². The SMILES string of the molecule is CCCCCCCCCCCCCCCCOc1ccc(Nc2ccc3c4ccccc4n(CCCCCCCCCCCCCCCC)c3c2)cc1. The predicted molar refractivity (Wildman–Crippen MR) is 235 cm³/mol. The third kappa shape index (κ3) is 17.0. The molecule has 0 atom stereocenters. The minimum Gasteiger partial charge on any atom is -0.494 e. The summed E-state index contributed by atoms with van der Waals surface area (Å²) in [6.07, 6.45) is 38.9. The molecule has 0 amide bonds. The molecule has 0 fully saturated rings. The lowest BCUT2D eigenvalue weighted by atomic mass is 10.0. The predicted octanol–water partition coefficient (Wildman–Crippen LogP) is 16.9. The van der Waals surface area contributed by atoms with Gasteiger partial charge in [-0.05, 0) is 55.3 Å². The molecule has 0 aliphatic carbocycles. The largest absolute Gasteiger partial charge is 0.494 e. The Morgan fingerprint density at radius 2 is 0.849 bits per heavy atom.